The summed E-state index contributed by atoms with van der Waals surface area (Å²) in [5.74, 6) is -0.756. The van der Waals surface area contributed by atoms with Gasteiger partial charge in [-0.25, -0.2) is 0 Å². The SMILES string of the molecule is NCCOCc1nc(-c2ccc(O)c(C(F)(F)F)c2)no1. The standard InChI is InChI=1S/C12H12F3N3O3/c13-12(14,15)8-5-7(1-2-9(8)19)11-17-10(21-18-11)6-20-4-3-16/h1-2,5,19H,3-4,6,16H2. The van der Waals surface area contributed by atoms with Crippen LogP contribution in [0.3, 0.4) is 0 Å². The number of alkyl halides is 3. The molecule has 2 aromatic rings. The molecule has 0 spiro atoms. The number of nitrogens with two attached hydrogens (primary N) is 1. The minimum Gasteiger partial charge on any atom is -0.507 e. The average Bonchev–Trinajstić information content (AvgIpc) is 2.87. The first-order valence-electron chi connectivity index (χ1n) is 5.93. The molecule has 114 valence electrons. The van der Waals surface area contributed by atoms with Crippen LogP contribution in [0, 0.1) is 0 Å². The van der Waals surface area contributed by atoms with Crippen LogP contribution in [0.25, 0.3) is 11.4 Å². The predicted octanol–water partition coefficient (Wildman–Crippen LogP) is 1.94. The van der Waals surface area contributed by atoms with Gasteiger partial charge >= 0.3 is 6.18 Å². The Morgan fingerprint density at radius 3 is 2.76 bits per heavy atom. The van der Waals surface area contributed by atoms with E-state index in [1.165, 1.54) is 6.07 Å². The summed E-state index contributed by atoms with van der Waals surface area (Å²) in [5, 5.41) is 12.8. The Kier molecular flexibility index (Phi) is 4.43. The summed E-state index contributed by atoms with van der Waals surface area (Å²) in [7, 11) is 0. The Morgan fingerprint density at radius 1 is 1.33 bits per heavy atom. The molecule has 1 heterocycles. The summed E-state index contributed by atoms with van der Waals surface area (Å²) in [6.45, 7) is 0.650. The van der Waals surface area contributed by atoms with Gasteiger partial charge in [-0.15, -0.1) is 0 Å². The number of phenols is 1. The highest BCUT2D eigenvalue weighted by molar-refractivity contribution is 5.58. The molecule has 0 aliphatic rings. The number of ether oxygens (including phenoxy) is 1. The van der Waals surface area contributed by atoms with Gasteiger partial charge in [0.15, 0.2) is 0 Å². The number of hydrogen-bond donors (Lipinski definition) is 2. The minimum absolute atomic E-state index is 0.0214. The first kappa shape index (κ1) is 15.3. The maximum Gasteiger partial charge on any atom is 0.419 e. The molecule has 1 aromatic carbocycles. The normalized spacial score (nSPS) is 11.8. The van der Waals surface area contributed by atoms with Crippen molar-refractivity contribution in [1.82, 2.24) is 10.1 Å². The van der Waals surface area contributed by atoms with Gasteiger partial charge in [-0.1, -0.05) is 5.16 Å². The summed E-state index contributed by atoms with van der Waals surface area (Å²) >= 11 is 0. The van der Waals surface area contributed by atoms with Crippen LogP contribution in [-0.4, -0.2) is 28.4 Å². The molecule has 3 N–H and O–H groups in total. The van der Waals surface area contributed by atoms with Crippen LogP contribution >= 0.6 is 0 Å². The predicted molar refractivity (Wildman–Crippen MR) is 65.1 cm³/mol. The molecular weight excluding hydrogens is 291 g/mol. The summed E-state index contributed by atoms with van der Waals surface area (Å²) in [6.07, 6.45) is -4.67. The highest BCUT2D eigenvalue weighted by Gasteiger charge is 2.34. The molecule has 0 radical (unpaired) electrons. The minimum atomic E-state index is -4.67. The van der Waals surface area contributed by atoms with E-state index in [1.54, 1.807) is 0 Å². The Hall–Kier alpha value is -2.13. The Bertz CT molecular complexity index is 613. The molecule has 0 unspecified atom stereocenters. The topological polar surface area (TPSA) is 94.4 Å². The van der Waals surface area contributed by atoms with Gasteiger partial charge in [0.25, 0.3) is 5.89 Å². The number of aromatic nitrogens is 2. The number of phenolic OH excluding ortho intramolecular Hbond substituents is 1. The van der Waals surface area contributed by atoms with Crippen molar-refractivity contribution in [3.8, 4) is 17.1 Å². The first-order valence-corrected chi connectivity index (χ1v) is 5.93. The van der Waals surface area contributed by atoms with Crippen molar-refractivity contribution in [3.63, 3.8) is 0 Å². The number of rotatable bonds is 5. The molecule has 0 aliphatic carbocycles. The lowest BCUT2D eigenvalue weighted by atomic mass is 10.1. The van der Waals surface area contributed by atoms with E-state index < -0.39 is 17.5 Å². The summed E-state index contributed by atoms with van der Waals surface area (Å²) in [5.41, 5.74) is 4.15. The number of benzene rings is 1. The molecule has 6 nitrogen and oxygen atoms in total. The van der Waals surface area contributed by atoms with E-state index in [0.717, 1.165) is 12.1 Å². The van der Waals surface area contributed by atoms with Crippen LogP contribution in [0.1, 0.15) is 11.5 Å². The van der Waals surface area contributed by atoms with E-state index >= 15 is 0 Å². The maximum atomic E-state index is 12.7. The van der Waals surface area contributed by atoms with Gasteiger partial charge in [0, 0.05) is 12.1 Å². The molecular formula is C12H12F3N3O3. The number of aromatic hydroxyl groups is 1. The number of nitrogens with zero attached hydrogens (tertiary/aromatic N) is 2. The Balaban J connectivity index is 2.22. The van der Waals surface area contributed by atoms with E-state index in [-0.39, 0.29) is 23.9 Å². The van der Waals surface area contributed by atoms with E-state index in [2.05, 4.69) is 10.1 Å². The molecule has 1 aromatic heterocycles. The maximum absolute atomic E-state index is 12.7. The quantitative estimate of drug-likeness (QED) is 0.820. The first-order chi connectivity index (χ1) is 9.91. The van der Waals surface area contributed by atoms with E-state index in [4.69, 9.17) is 15.0 Å². The second-order valence-electron chi connectivity index (χ2n) is 4.08. The van der Waals surface area contributed by atoms with Crippen LogP contribution in [0.4, 0.5) is 13.2 Å². The fourth-order valence-corrected chi connectivity index (χ4v) is 1.58. The second-order valence-corrected chi connectivity index (χ2v) is 4.08. The highest BCUT2D eigenvalue weighted by atomic mass is 19.4. The van der Waals surface area contributed by atoms with Crippen molar-refractivity contribution in [1.29, 1.82) is 0 Å². The van der Waals surface area contributed by atoms with E-state index in [1.807, 2.05) is 0 Å². The lowest BCUT2D eigenvalue weighted by molar-refractivity contribution is -0.138. The smallest absolute Gasteiger partial charge is 0.419 e. The lowest BCUT2D eigenvalue weighted by Gasteiger charge is -2.09. The molecule has 0 saturated heterocycles. The highest BCUT2D eigenvalue weighted by Crippen LogP contribution is 2.37. The van der Waals surface area contributed by atoms with Crippen LogP contribution in [0.5, 0.6) is 5.75 Å². The zero-order chi connectivity index (χ0) is 15.5. The van der Waals surface area contributed by atoms with Gasteiger partial charge in [0.2, 0.25) is 5.82 Å². The van der Waals surface area contributed by atoms with Gasteiger partial charge in [-0.05, 0) is 18.2 Å². The molecule has 0 fully saturated rings. The van der Waals surface area contributed by atoms with Crippen LogP contribution < -0.4 is 5.73 Å². The third-order valence-electron chi connectivity index (χ3n) is 2.52. The number of hydrogen-bond acceptors (Lipinski definition) is 6. The molecule has 0 aliphatic heterocycles. The van der Waals surface area contributed by atoms with Gasteiger partial charge < -0.3 is 20.1 Å². The summed E-state index contributed by atoms with van der Waals surface area (Å²) < 4.78 is 48.0. The molecule has 9 heteroatoms. The average molecular weight is 303 g/mol. The van der Waals surface area contributed by atoms with Gasteiger partial charge in [0.05, 0.1) is 12.2 Å². The monoisotopic (exact) mass is 303 g/mol. The molecule has 0 amide bonds. The third kappa shape index (κ3) is 3.70. The van der Waals surface area contributed by atoms with Crippen LogP contribution in [-0.2, 0) is 17.5 Å². The zero-order valence-corrected chi connectivity index (χ0v) is 10.7. The molecule has 2 rings (SSSR count). The zero-order valence-electron chi connectivity index (χ0n) is 10.7. The van der Waals surface area contributed by atoms with Crippen molar-refractivity contribution in [2.45, 2.75) is 12.8 Å². The summed E-state index contributed by atoms with van der Waals surface area (Å²) in [6, 6.07) is 2.95. The third-order valence-corrected chi connectivity index (χ3v) is 2.52. The van der Waals surface area contributed by atoms with Gasteiger partial charge in [-0.2, -0.15) is 18.2 Å². The van der Waals surface area contributed by atoms with Crippen molar-refractivity contribution >= 4 is 0 Å². The van der Waals surface area contributed by atoms with E-state index in [0.29, 0.717) is 13.2 Å². The fraction of sp³-hybridized carbons (Fsp3) is 0.333. The van der Waals surface area contributed by atoms with Crippen LogP contribution in [0.15, 0.2) is 22.7 Å². The summed E-state index contributed by atoms with van der Waals surface area (Å²) in [4.78, 5) is 3.91. The molecule has 0 saturated carbocycles. The second kappa shape index (κ2) is 6.10. The van der Waals surface area contributed by atoms with Crippen LogP contribution in [0.2, 0.25) is 0 Å². The largest absolute Gasteiger partial charge is 0.507 e. The van der Waals surface area contributed by atoms with Gasteiger partial charge in [0.1, 0.15) is 12.4 Å². The van der Waals surface area contributed by atoms with Gasteiger partial charge in [-0.3, -0.25) is 0 Å². The Morgan fingerprint density at radius 2 is 2.10 bits per heavy atom. The van der Waals surface area contributed by atoms with Crippen molar-refractivity contribution < 1.29 is 27.5 Å². The Labute approximate surface area is 117 Å². The lowest BCUT2D eigenvalue weighted by Crippen LogP contribution is -2.08. The van der Waals surface area contributed by atoms with Crippen molar-refractivity contribution in [3.05, 3.63) is 29.7 Å². The van der Waals surface area contributed by atoms with E-state index in [9.17, 15) is 18.3 Å². The van der Waals surface area contributed by atoms with Crippen molar-refractivity contribution in [2.75, 3.05) is 13.2 Å². The fourth-order valence-electron chi connectivity index (χ4n) is 1.58. The molecule has 0 bridgehead atoms. The molecule has 0 atom stereocenters. The van der Waals surface area contributed by atoms with Crippen molar-refractivity contribution in [2.24, 2.45) is 5.73 Å². The number of halogens is 3. The molecule has 21 heavy (non-hydrogen) atoms.